The summed E-state index contributed by atoms with van der Waals surface area (Å²) in [5.74, 6) is -1.20. The number of aliphatic carboxylic acids is 1. The van der Waals surface area contributed by atoms with E-state index in [2.05, 4.69) is 0 Å². The molecule has 0 atom stereocenters. The van der Waals surface area contributed by atoms with E-state index < -0.39 is 5.97 Å². The molecular formula is C2H4O3ReZn. The standard InChI is InChI=1S/C2H4O3.Re.Zn/c3-1-2(4)5;;/h1H,3H2,(H,4,5);;. The molecule has 0 saturated heterocycles. The van der Waals surface area contributed by atoms with Crippen molar-refractivity contribution >= 4 is 5.97 Å². The molecule has 0 aromatic heterocycles. The van der Waals surface area contributed by atoms with Crippen molar-refractivity contribution in [3.8, 4) is 0 Å². The van der Waals surface area contributed by atoms with Gasteiger partial charge in [-0.05, 0) is 6.61 Å². The fourth-order valence-corrected chi connectivity index (χ4v) is 0. The van der Waals surface area contributed by atoms with Gasteiger partial charge in [-0.2, -0.15) is 0 Å². The van der Waals surface area contributed by atoms with Crippen LogP contribution in [0.1, 0.15) is 0 Å². The SMILES string of the molecule is O=C(O)[CH-][OH2+].[Re].[Zn]. The van der Waals surface area contributed by atoms with Gasteiger partial charge >= 0.3 is 0 Å². The van der Waals surface area contributed by atoms with Crippen molar-refractivity contribution in [1.82, 2.24) is 0 Å². The topological polar surface area (TPSA) is 60.2 Å². The Labute approximate surface area is 67.5 Å². The van der Waals surface area contributed by atoms with E-state index in [1.807, 2.05) is 0 Å². The summed E-state index contributed by atoms with van der Waals surface area (Å²) in [7, 11) is 0. The summed E-state index contributed by atoms with van der Waals surface area (Å²) in [4.78, 5) is 9.12. The van der Waals surface area contributed by atoms with Crippen molar-refractivity contribution in [1.29, 1.82) is 0 Å². The molecule has 0 spiro atoms. The predicted molar refractivity (Wildman–Crippen MR) is 15.5 cm³/mol. The van der Waals surface area contributed by atoms with Gasteiger partial charge in [0.25, 0.3) is 0 Å². The Morgan fingerprint density at radius 2 is 1.86 bits per heavy atom. The molecule has 3 nitrogen and oxygen atoms in total. The smallest absolute Gasteiger partial charge is 0.237 e. The van der Waals surface area contributed by atoms with Gasteiger partial charge in [0.2, 0.25) is 5.97 Å². The Morgan fingerprint density at radius 3 is 1.86 bits per heavy atom. The van der Waals surface area contributed by atoms with Gasteiger partial charge in [0.1, 0.15) is 0 Å². The third kappa shape index (κ3) is 20.7. The Hall–Kier alpha value is 0.586. The maximum absolute atomic E-state index is 9.12. The quantitative estimate of drug-likeness (QED) is 0.380. The molecule has 0 amide bonds. The van der Waals surface area contributed by atoms with Crippen molar-refractivity contribution in [2.24, 2.45) is 0 Å². The maximum atomic E-state index is 9.12. The van der Waals surface area contributed by atoms with Crippen LogP contribution in [0.15, 0.2) is 0 Å². The molecule has 1 radical (unpaired) electrons. The van der Waals surface area contributed by atoms with Gasteiger partial charge in [-0.15, -0.1) is 0 Å². The van der Waals surface area contributed by atoms with E-state index in [1.54, 1.807) is 0 Å². The number of hydrogen-bond acceptors (Lipinski definition) is 1. The minimum absolute atomic E-state index is 0. The molecule has 0 fully saturated rings. The summed E-state index contributed by atoms with van der Waals surface area (Å²) in [6.07, 6.45) is 0. The zero-order valence-electron chi connectivity index (χ0n) is 3.52. The fourth-order valence-electron chi connectivity index (χ4n) is 0. The second-order valence-corrected chi connectivity index (χ2v) is 0.483. The zero-order valence-corrected chi connectivity index (χ0v) is 9.20. The Bertz CT molecular complexity index is 48.2. The summed E-state index contributed by atoms with van der Waals surface area (Å²) < 4.78 is 0. The molecule has 0 saturated carbocycles. The molecule has 0 unspecified atom stereocenters. The largest absolute Gasteiger partial charge is 0.564 e. The molecule has 0 aliphatic heterocycles. The van der Waals surface area contributed by atoms with E-state index in [9.17, 15) is 0 Å². The Balaban J connectivity index is -0.0000000800. The van der Waals surface area contributed by atoms with E-state index in [0.717, 1.165) is 0 Å². The summed E-state index contributed by atoms with van der Waals surface area (Å²) >= 11 is 0. The number of carboxylic acid groups (broad SMARTS) is 1. The van der Waals surface area contributed by atoms with Gasteiger partial charge in [-0.1, -0.05) is 0 Å². The minimum Gasteiger partial charge on any atom is -0.564 e. The molecule has 5 heteroatoms. The predicted octanol–water partition coefficient (Wildman–Crippen LogP) is -1.05. The maximum Gasteiger partial charge on any atom is 0.237 e. The Morgan fingerprint density at radius 1 is 1.71 bits per heavy atom. The normalized spacial score (nSPS) is 4.71. The van der Waals surface area contributed by atoms with Crippen molar-refractivity contribution < 1.29 is 54.9 Å². The third-order valence-electron chi connectivity index (χ3n) is 0.123. The number of carboxylic acids is 1. The first-order valence-electron chi connectivity index (χ1n) is 1.01. The molecule has 0 aliphatic carbocycles. The molecule has 7 heavy (non-hydrogen) atoms. The molecule has 39 valence electrons. The first-order chi connectivity index (χ1) is 2.27. The first-order valence-corrected chi connectivity index (χ1v) is 1.01. The fraction of sp³-hybridized carbons (Fsp3) is 0. The van der Waals surface area contributed by atoms with Gasteiger partial charge in [-0.3, -0.25) is 4.79 Å². The minimum atomic E-state index is -1.20. The summed E-state index contributed by atoms with van der Waals surface area (Å²) in [6, 6.07) is 0. The number of rotatable bonds is 1. The average Bonchev–Trinajstić information content (AvgIpc) is 1.38. The van der Waals surface area contributed by atoms with Crippen LogP contribution in [0.3, 0.4) is 0 Å². The zero-order chi connectivity index (χ0) is 4.28. The van der Waals surface area contributed by atoms with E-state index in [-0.39, 0.29) is 39.9 Å². The van der Waals surface area contributed by atoms with Gasteiger partial charge in [0.15, 0.2) is 0 Å². The molecular weight excluding hydrogens is 324 g/mol. The average molecular weight is 328 g/mol. The molecule has 0 aromatic rings. The molecule has 0 aromatic carbocycles. The van der Waals surface area contributed by atoms with E-state index in [4.69, 9.17) is 15.0 Å². The van der Waals surface area contributed by atoms with Gasteiger partial charge in [0.05, 0.1) is 0 Å². The van der Waals surface area contributed by atoms with Crippen LogP contribution in [0, 0.1) is 6.61 Å². The van der Waals surface area contributed by atoms with Crippen LogP contribution in [0.5, 0.6) is 0 Å². The molecule has 3 N–H and O–H groups in total. The van der Waals surface area contributed by atoms with E-state index in [0.29, 0.717) is 6.61 Å². The molecule has 0 aliphatic rings. The van der Waals surface area contributed by atoms with Crippen molar-refractivity contribution in [2.75, 3.05) is 0 Å². The van der Waals surface area contributed by atoms with Crippen LogP contribution in [-0.2, 0) is 44.7 Å². The van der Waals surface area contributed by atoms with Crippen LogP contribution in [-0.4, -0.2) is 16.2 Å². The Kier molecular flexibility index (Phi) is 21.8. The van der Waals surface area contributed by atoms with Gasteiger partial charge < -0.3 is 10.2 Å². The second kappa shape index (κ2) is 9.77. The van der Waals surface area contributed by atoms with Crippen molar-refractivity contribution in [3.63, 3.8) is 0 Å². The van der Waals surface area contributed by atoms with Crippen molar-refractivity contribution in [3.05, 3.63) is 6.61 Å². The molecule has 0 heterocycles. The molecule has 0 rings (SSSR count). The van der Waals surface area contributed by atoms with E-state index in [1.165, 1.54) is 0 Å². The van der Waals surface area contributed by atoms with Gasteiger partial charge in [-0.25, -0.2) is 0 Å². The summed E-state index contributed by atoms with van der Waals surface area (Å²) in [5, 5.41) is 13.4. The second-order valence-electron chi connectivity index (χ2n) is 0.483. The molecule has 0 bridgehead atoms. The van der Waals surface area contributed by atoms with Crippen LogP contribution >= 0.6 is 0 Å². The van der Waals surface area contributed by atoms with Crippen LogP contribution in [0.2, 0.25) is 0 Å². The van der Waals surface area contributed by atoms with Crippen LogP contribution in [0.4, 0.5) is 0 Å². The van der Waals surface area contributed by atoms with Crippen LogP contribution < -0.4 is 0 Å². The monoisotopic (exact) mass is 327 g/mol. The number of carbonyl (C=O) groups is 1. The van der Waals surface area contributed by atoms with Crippen LogP contribution in [0.25, 0.3) is 0 Å². The third-order valence-corrected chi connectivity index (χ3v) is 0.123. The summed E-state index contributed by atoms with van der Waals surface area (Å²) in [6.45, 7) is 0.333. The van der Waals surface area contributed by atoms with E-state index >= 15 is 0 Å². The number of hydrogen-bond donors (Lipinski definition) is 1. The summed E-state index contributed by atoms with van der Waals surface area (Å²) in [5.41, 5.74) is 0. The first kappa shape index (κ1) is 15.6. The van der Waals surface area contributed by atoms with Gasteiger partial charge in [0, 0.05) is 39.9 Å². The van der Waals surface area contributed by atoms with Crippen molar-refractivity contribution in [2.45, 2.75) is 0 Å².